The fourth-order valence-corrected chi connectivity index (χ4v) is 2.54. The molecule has 0 amide bonds. The summed E-state index contributed by atoms with van der Waals surface area (Å²) in [5.74, 6) is 1.27. The molecule has 0 atom stereocenters. The monoisotopic (exact) mass is 280 g/mol. The van der Waals surface area contributed by atoms with Gasteiger partial charge >= 0.3 is 5.97 Å². The fourth-order valence-electron chi connectivity index (χ4n) is 2.25. The SMILES string of the molecule is O=C(O)c1cnc(N(CC2CC2)CC2CC2)c(Cl)c1. The maximum absolute atomic E-state index is 10.9. The van der Waals surface area contributed by atoms with Crippen LogP contribution in [0, 0.1) is 11.8 Å². The Hall–Kier alpha value is -1.29. The van der Waals surface area contributed by atoms with Gasteiger partial charge in [0.25, 0.3) is 0 Å². The summed E-state index contributed by atoms with van der Waals surface area (Å²) in [5.41, 5.74) is 0.145. The van der Waals surface area contributed by atoms with Gasteiger partial charge in [0.05, 0.1) is 10.6 Å². The second kappa shape index (κ2) is 5.00. The van der Waals surface area contributed by atoms with Gasteiger partial charge in [0, 0.05) is 19.3 Å². The third-order valence-electron chi connectivity index (χ3n) is 3.72. The van der Waals surface area contributed by atoms with Crippen molar-refractivity contribution in [2.45, 2.75) is 25.7 Å². The zero-order valence-electron chi connectivity index (χ0n) is 10.7. The first-order chi connectivity index (χ1) is 9.13. The molecule has 1 heterocycles. The Balaban J connectivity index is 1.80. The summed E-state index contributed by atoms with van der Waals surface area (Å²) in [6.45, 7) is 1.99. The molecule has 2 fully saturated rings. The van der Waals surface area contributed by atoms with Crippen molar-refractivity contribution in [2.75, 3.05) is 18.0 Å². The lowest BCUT2D eigenvalue weighted by Gasteiger charge is -2.24. The van der Waals surface area contributed by atoms with E-state index in [9.17, 15) is 4.79 Å². The second-order valence-electron chi connectivity index (χ2n) is 5.63. The highest BCUT2D eigenvalue weighted by Crippen LogP contribution is 2.37. The minimum atomic E-state index is -0.989. The van der Waals surface area contributed by atoms with Gasteiger partial charge in [-0.1, -0.05) is 11.6 Å². The smallest absolute Gasteiger partial charge is 0.337 e. The number of hydrogen-bond acceptors (Lipinski definition) is 3. The van der Waals surface area contributed by atoms with Crippen LogP contribution in [-0.4, -0.2) is 29.1 Å². The number of aromatic carboxylic acids is 1. The van der Waals surface area contributed by atoms with Crippen molar-refractivity contribution >= 4 is 23.4 Å². The number of aromatic nitrogens is 1. The van der Waals surface area contributed by atoms with Crippen LogP contribution in [0.15, 0.2) is 12.3 Å². The van der Waals surface area contributed by atoms with Gasteiger partial charge in [-0.15, -0.1) is 0 Å². The minimum absolute atomic E-state index is 0.145. The molecule has 102 valence electrons. The molecule has 0 bridgehead atoms. The summed E-state index contributed by atoms with van der Waals surface area (Å²) in [5, 5.41) is 9.38. The van der Waals surface area contributed by atoms with Gasteiger partial charge in [0.1, 0.15) is 5.82 Å². The van der Waals surface area contributed by atoms with E-state index in [4.69, 9.17) is 16.7 Å². The third-order valence-corrected chi connectivity index (χ3v) is 4.00. The van der Waals surface area contributed by atoms with Gasteiger partial charge < -0.3 is 10.0 Å². The fraction of sp³-hybridized carbons (Fsp3) is 0.571. The topological polar surface area (TPSA) is 53.4 Å². The Kier molecular flexibility index (Phi) is 3.35. The lowest BCUT2D eigenvalue weighted by Crippen LogP contribution is -2.29. The van der Waals surface area contributed by atoms with E-state index < -0.39 is 5.97 Å². The van der Waals surface area contributed by atoms with Crippen molar-refractivity contribution in [2.24, 2.45) is 11.8 Å². The molecule has 0 spiro atoms. The summed E-state index contributed by atoms with van der Waals surface area (Å²) in [7, 11) is 0. The number of carbonyl (C=O) groups is 1. The van der Waals surface area contributed by atoms with E-state index in [-0.39, 0.29) is 5.56 Å². The maximum atomic E-state index is 10.9. The highest BCUT2D eigenvalue weighted by molar-refractivity contribution is 6.33. The highest BCUT2D eigenvalue weighted by atomic mass is 35.5. The lowest BCUT2D eigenvalue weighted by molar-refractivity contribution is 0.0696. The first-order valence-corrected chi connectivity index (χ1v) is 7.15. The van der Waals surface area contributed by atoms with E-state index in [1.165, 1.54) is 37.9 Å². The second-order valence-corrected chi connectivity index (χ2v) is 6.03. The van der Waals surface area contributed by atoms with Gasteiger partial charge in [-0.25, -0.2) is 9.78 Å². The van der Waals surface area contributed by atoms with E-state index in [2.05, 4.69) is 9.88 Å². The van der Waals surface area contributed by atoms with Crippen LogP contribution in [0.2, 0.25) is 5.02 Å². The first kappa shape index (κ1) is 12.7. The van der Waals surface area contributed by atoms with Crippen LogP contribution >= 0.6 is 11.6 Å². The van der Waals surface area contributed by atoms with E-state index in [0.29, 0.717) is 5.02 Å². The molecule has 1 aromatic rings. The van der Waals surface area contributed by atoms with Gasteiger partial charge in [0.15, 0.2) is 0 Å². The van der Waals surface area contributed by atoms with Crippen LogP contribution in [-0.2, 0) is 0 Å². The summed E-state index contributed by atoms with van der Waals surface area (Å²) >= 11 is 6.21. The molecular formula is C14H17ClN2O2. The molecule has 5 heteroatoms. The molecule has 19 heavy (non-hydrogen) atoms. The molecule has 4 nitrogen and oxygen atoms in total. The van der Waals surface area contributed by atoms with Gasteiger partial charge in [-0.2, -0.15) is 0 Å². The molecule has 1 aromatic heterocycles. The largest absolute Gasteiger partial charge is 0.478 e. The number of anilines is 1. The summed E-state index contributed by atoms with van der Waals surface area (Å²) in [4.78, 5) is 17.4. The van der Waals surface area contributed by atoms with E-state index >= 15 is 0 Å². The predicted molar refractivity (Wildman–Crippen MR) is 73.9 cm³/mol. The van der Waals surface area contributed by atoms with Crippen LogP contribution in [0.1, 0.15) is 36.0 Å². The molecule has 2 aliphatic carbocycles. The molecule has 0 saturated heterocycles. The van der Waals surface area contributed by atoms with Gasteiger partial charge in [-0.05, 0) is 43.6 Å². The molecule has 0 radical (unpaired) electrons. The lowest BCUT2D eigenvalue weighted by atomic mass is 10.2. The van der Waals surface area contributed by atoms with E-state index in [0.717, 1.165) is 30.7 Å². The quantitative estimate of drug-likeness (QED) is 0.870. The van der Waals surface area contributed by atoms with Crippen LogP contribution in [0.3, 0.4) is 0 Å². The molecular weight excluding hydrogens is 264 g/mol. The molecule has 2 aliphatic rings. The van der Waals surface area contributed by atoms with Crippen molar-refractivity contribution < 1.29 is 9.90 Å². The van der Waals surface area contributed by atoms with Crippen LogP contribution in [0.25, 0.3) is 0 Å². The van der Waals surface area contributed by atoms with Gasteiger partial charge in [0.2, 0.25) is 0 Å². The Labute approximate surface area is 117 Å². The molecule has 0 aromatic carbocycles. The average Bonchev–Trinajstić information content (AvgIpc) is 3.23. The highest BCUT2D eigenvalue weighted by Gasteiger charge is 2.30. The number of carboxylic acid groups (broad SMARTS) is 1. The third kappa shape index (κ3) is 3.18. The minimum Gasteiger partial charge on any atom is -0.478 e. The standard InChI is InChI=1S/C14H17ClN2O2/c15-12-5-11(14(18)19)6-16-13(12)17(7-9-1-2-9)8-10-3-4-10/h5-6,9-10H,1-4,7-8H2,(H,18,19). The number of pyridine rings is 1. The summed E-state index contributed by atoms with van der Waals surface area (Å²) in [6, 6.07) is 1.50. The zero-order chi connectivity index (χ0) is 13.4. The molecule has 3 rings (SSSR count). The van der Waals surface area contributed by atoms with Crippen molar-refractivity contribution in [3.05, 3.63) is 22.8 Å². The molecule has 0 unspecified atom stereocenters. The Morgan fingerprint density at radius 3 is 2.32 bits per heavy atom. The predicted octanol–water partition coefficient (Wildman–Crippen LogP) is 3.06. The first-order valence-electron chi connectivity index (χ1n) is 6.77. The number of hydrogen-bond donors (Lipinski definition) is 1. The van der Waals surface area contributed by atoms with Crippen molar-refractivity contribution in [3.63, 3.8) is 0 Å². The van der Waals surface area contributed by atoms with Crippen molar-refractivity contribution in [1.82, 2.24) is 4.98 Å². The van der Waals surface area contributed by atoms with Crippen LogP contribution in [0.5, 0.6) is 0 Å². The number of rotatable bonds is 6. The molecule has 1 N–H and O–H groups in total. The van der Waals surface area contributed by atoms with E-state index in [1.807, 2.05) is 0 Å². The van der Waals surface area contributed by atoms with Crippen molar-refractivity contribution in [3.8, 4) is 0 Å². The molecule has 0 aliphatic heterocycles. The Morgan fingerprint density at radius 1 is 1.32 bits per heavy atom. The zero-order valence-corrected chi connectivity index (χ0v) is 11.4. The summed E-state index contributed by atoms with van der Waals surface area (Å²) in [6.07, 6.45) is 6.53. The normalized spacial score (nSPS) is 18.4. The van der Waals surface area contributed by atoms with Gasteiger partial charge in [-0.3, -0.25) is 0 Å². The Bertz CT molecular complexity index is 484. The van der Waals surface area contributed by atoms with Crippen LogP contribution in [0.4, 0.5) is 5.82 Å². The maximum Gasteiger partial charge on any atom is 0.337 e. The molecule has 2 saturated carbocycles. The van der Waals surface area contributed by atoms with E-state index in [1.54, 1.807) is 0 Å². The van der Waals surface area contributed by atoms with Crippen LogP contribution < -0.4 is 4.90 Å². The average molecular weight is 281 g/mol. The van der Waals surface area contributed by atoms with Crippen molar-refractivity contribution in [1.29, 1.82) is 0 Å². The summed E-state index contributed by atoms with van der Waals surface area (Å²) < 4.78 is 0. The number of carboxylic acids is 1. The Morgan fingerprint density at radius 2 is 1.89 bits per heavy atom. The number of halogens is 1. The number of nitrogens with zero attached hydrogens (tertiary/aromatic N) is 2.